The Morgan fingerprint density at radius 2 is 1.96 bits per heavy atom. The van der Waals surface area contributed by atoms with Crippen LogP contribution in [0.15, 0.2) is 41.4 Å². The molecule has 0 radical (unpaired) electrons. The molecular formula is C17H18N4O3S. The molecule has 7 nitrogen and oxygen atoms in total. The average molecular weight is 358 g/mol. The Kier molecular flexibility index (Phi) is 5.49. The zero-order valence-electron chi connectivity index (χ0n) is 13.7. The molecule has 0 bridgehead atoms. The van der Waals surface area contributed by atoms with Gasteiger partial charge in [-0.3, -0.25) is 9.59 Å². The summed E-state index contributed by atoms with van der Waals surface area (Å²) < 4.78 is 5.20. The van der Waals surface area contributed by atoms with E-state index in [9.17, 15) is 9.59 Å². The summed E-state index contributed by atoms with van der Waals surface area (Å²) in [5.41, 5.74) is 0.625. The van der Waals surface area contributed by atoms with Crippen LogP contribution in [0.3, 0.4) is 0 Å². The molecular weight excluding hydrogens is 340 g/mol. The van der Waals surface area contributed by atoms with E-state index < -0.39 is 0 Å². The molecule has 25 heavy (non-hydrogen) atoms. The fraction of sp³-hybridized carbons (Fsp3) is 0.294. The van der Waals surface area contributed by atoms with Gasteiger partial charge in [-0.05, 0) is 37.1 Å². The van der Waals surface area contributed by atoms with Crippen LogP contribution in [0.5, 0.6) is 5.75 Å². The van der Waals surface area contributed by atoms with Gasteiger partial charge in [-0.15, -0.1) is 10.2 Å². The molecule has 1 saturated carbocycles. The van der Waals surface area contributed by atoms with Crippen molar-refractivity contribution in [2.24, 2.45) is 5.92 Å². The quantitative estimate of drug-likeness (QED) is 0.739. The first-order valence-corrected chi connectivity index (χ1v) is 8.84. The normalized spacial score (nSPS) is 13.2. The average Bonchev–Trinajstić information content (AvgIpc) is 3.47. The lowest BCUT2D eigenvalue weighted by Gasteiger charge is -2.09. The molecule has 130 valence electrons. The van der Waals surface area contributed by atoms with Crippen LogP contribution in [-0.4, -0.2) is 34.9 Å². The lowest BCUT2D eigenvalue weighted by Crippen LogP contribution is -2.15. The van der Waals surface area contributed by atoms with Crippen LogP contribution in [0.1, 0.15) is 12.8 Å². The number of ether oxygens (including phenoxy) is 1. The second kappa shape index (κ2) is 7.98. The smallest absolute Gasteiger partial charge is 0.234 e. The molecule has 1 heterocycles. The molecule has 0 spiro atoms. The molecule has 2 amide bonds. The third-order valence-electron chi connectivity index (χ3n) is 3.57. The fourth-order valence-corrected chi connectivity index (χ4v) is 2.73. The van der Waals surface area contributed by atoms with Crippen molar-refractivity contribution in [1.29, 1.82) is 0 Å². The third-order valence-corrected chi connectivity index (χ3v) is 4.49. The highest BCUT2D eigenvalue weighted by Gasteiger charge is 2.29. The lowest BCUT2D eigenvalue weighted by molar-refractivity contribution is -0.117. The van der Waals surface area contributed by atoms with E-state index in [1.807, 2.05) is 12.1 Å². The Bertz CT molecular complexity index is 763. The Balaban J connectivity index is 1.49. The first-order valence-electron chi connectivity index (χ1n) is 7.86. The zero-order valence-corrected chi connectivity index (χ0v) is 14.5. The minimum absolute atomic E-state index is 0.00844. The number of hydrogen-bond donors (Lipinski definition) is 2. The molecule has 1 aromatic heterocycles. The highest BCUT2D eigenvalue weighted by atomic mass is 32.2. The van der Waals surface area contributed by atoms with Crippen LogP contribution in [0.2, 0.25) is 0 Å². The van der Waals surface area contributed by atoms with Crippen LogP contribution >= 0.6 is 11.8 Å². The van der Waals surface area contributed by atoms with E-state index in [0.717, 1.165) is 12.8 Å². The topological polar surface area (TPSA) is 93.2 Å². The Morgan fingerprint density at radius 1 is 1.16 bits per heavy atom. The summed E-state index contributed by atoms with van der Waals surface area (Å²) in [4.78, 5) is 23.7. The van der Waals surface area contributed by atoms with Crippen molar-refractivity contribution < 1.29 is 14.3 Å². The Labute approximate surface area is 149 Å². The summed E-state index contributed by atoms with van der Waals surface area (Å²) in [7, 11) is 1.55. The second-order valence-electron chi connectivity index (χ2n) is 5.56. The number of rotatable bonds is 7. The maximum atomic E-state index is 12.1. The zero-order chi connectivity index (χ0) is 17.6. The number of thioether (sulfide) groups is 1. The molecule has 0 unspecified atom stereocenters. The van der Waals surface area contributed by atoms with Crippen molar-refractivity contribution >= 4 is 35.1 Å². The molecule has 0 saturated heterocycles. The number of amides is 2. The maximum absolute atomic E-state index is 12.1. The molecule has 0 atom stereocenters. The SMILES string of the molecule is COc1ccccc1NC(=O)CSc1ccc(NC(=O)C2CC2)nn1. The van der Waals surface area contributed by atoms with Crippen molar-refractivity contribution in [2.75, 3.05) is 23.5 Å². The van der Waals surface area contributed by atoms with Gasteiger partial charge in [-0.2, -0.15) is 0 Å². The summed E-state index contributed by atoms with van der Waals surface area (Å²) in [6.07, 6.45) is 1.88. The van der Waals surface area contributed by atoms with E-state index in [-0.39, 0.29) is 23.5 Å². The van der Waals surface area contributed by atoms with Gasteiger partial charge in [-0.25, -0.2) is 0 Å². The van der Waals surface area contributed by atoms with Gasteiger partial charge < -0.3 is 15.4 Å². The van der Waals surface area contributed by atoms with Gasteiger partial charge in [0, 0.05) is 5.92 Å². The van der Waals surface area contributed by atoms with Gasteiger partial charge in [0.2, 0.25) is 11.8 Å². The Morgan fingerprint density at radius 3 is 2.64 bits per heavy atom. The third kappa shape index (κ3) is 4.93. The lowest BCUT2D eigenvalue weighted by atomic mass is 10.3. The van der Waals surface area contributed by atoms with E-state index in [0.29, 0.717) is 22.3 Å². The first kappa shape index (κ1) is 17.2. The fourth-order valence-electron chi connectivity index (χ4n) is 2.11. The number of carbonyl (C=O) groups is 2. The van der Waals surface area contributed by atoms with Crippen molar-refractivity contribution in [1.82, 2.24) is 10.2 Å². The van der Waals surface area contributed by atoms with Gasteiger partial charge in [0.25, 0.3) is 0 Å². The number of methoxy groups -OCH3 is 1. The number of aromatic nitrogens is 2. The molecule has 0 aliphatic heterocycles. The first-order chi connectivity index (χ1) is 12.2. The van der Waals surface area contributed by atoms with E-state index >= 15 is 0 Å². The van der Waals surface area contributed by atoms with Crippen LogP contribution in [0, 0.1) is 5.92 Å². The van der Waals surface area contributed by atoms with Gasteiger partial charge in [0.05, 0.1) is 18.6 Å². The van der Waals surface area contributed by atoms with Crippen molar-refractivity contribution in [3.05, 3.63) is 36.4 Å². The van der Waals surface area contributed by atoms with Crippen LogP contribution < -0.4 is 15.4 Å². The second-order valence-corrected chi connectivity index (χ2v) is 6.55. The highest BCUT2D eigenvalue weighted by molar-refractivity contribution is 7.99. The Hall–Kier alpha value is -2.61. The predicted octanol–water partition coefficient (Wildman–Crippen LogP) is 2.56. The maximum Gasteiger partial charge on any atom is 0.234 e. The number of anilines is 2. The van der Waals surface area contributed by atoms with E-state index in [4.69, 9.17) is 4.74 Å². The van der Waals surface area contributed by atoms with Gasteiger partial charge in [0.1, 0.15) is 10.8 Å². The minimum atomic E-state index is -0.164. The number of carbonyl (C=O) groups excluding carboxylic acids is 2. The minimum Gasteiger partial charge on any atom is -0.495 e. The molecule has 3 rings (SSSR count). The number of para-hydroxylation sites is 2. The van der Waals surface area contributed by atoms with Crippen molar-refractivity contribution in [2.45, 2.75) is 17.9 Å². The molecule has 1 aliphatic carbocycles. The molecule has 1 fully saturated rings. The van der Waals surface area contributed by atoms with Gasteiger partial charge in [0.15, 0.2) is 5.82 Å². The summed E-state index contributed by atoms with van der Waals surface area (Å²) in [5.74, 6) is 1.18. The summed E-state index contributed by atoms with van der Waals surface area (Å²) >= 11 is 1.27. The van der Waals surface area contributed by atoms with Crippen LogP contribution in [0.4, 0.5) is 11.5 Å². The van der Waals surface area contributed by atoms with Gasteiger partial charge >= 0.3 is 0 Å². The van der Waals surface area contributed by atoms with E-state index in [1.54, 1.807) is 31.4 Å². The monoisotopic (exact) mass is 358 g/mol. The number of benzene rings is 1. The predicted molar refractivity (Wildman–Crippen MR) is 95.7 cm³/mol. The standard InChI is InChI=1S/C17H18N4O3S/c1-24-13-5-3-2-4-12(13)18-15(22)10-25-16-9-8-14(20-21-16)19-17(23)11-6-7-11/h2-5,8-9,11H,6-7,10H2,1H3,(H,18,22)(H,19,20,23). The number of hydrogen-bond acceptors (Lipinski definition) is 6. The van der Waals surface area contributed by atoms with Crippen LogP contribution in [0.25, 0.3) is 0 Å². The molecule has 2 N–H and O–H groups in total. The highest BCUT2D eigenvalue weighted by Crippen LogP contribution is 2.30. The van der Waals surface area contributed by atoms with Crippen molar-refractivity contribution in [3.8, 4) is 5.75 Å². The largest absolute Gasteiger partial charge is 0.495 e. The van der Waals surface area contributed by atoms with Crippen LogP contribution in [-0.2, 0) is 9.59 Å². The summed E-state index contributed by atoms with van der Waals surface area (Å²) in [5, 5.41) is 14.1. The molecule has 1 aromatic carbocycles. The number of nitrogens with one attached hydrogen (secondary N) is 2. The van der Waals surface area contributed by atoms with E-state index in [2.05, 4.69) is 20.8 Å². The van der Waals surface area contributed by atoms with Crippen molar-refractivity contribution in [3.63, 3.8) is 0 Å². The summed E-state index contributed by atoms with van der Waals surface area (Å²) in [6, 6.07) is 10.6. The molecule has 1 aliphatic rings. The van der Waals surface area contributed by atoms with Gasteiger partial charge in [-0.1, -0.05) is 23.9 Å². The molecule has 2 aromatic rings. The molecule has 8 heteroatoms. The van der Waals surface area contributed by atoms with E-state index in [1.165, 1.54) is 11.8 Å². The number of nitrogens with zero attached hydrogens (tertiary/aromatic N) is 2. The summed E-state index contributed by atoms with van der Waals surface area (Å²) in [6.45, 7) is 0.